The summed E-state index contributed by atoms with van der Waals surface area (Å²) in [5.41, 5.74) is 2.68. The van der Waals surface area contributed by atoms with Gasteiger partial charge in [-0.15, -0.1) is 0 Å². The van der Waals surface area contributed by atoms with Gasteiger partial charge in [0, 0.05) is 39.8 Å². The van der Waals surface area contributed by atoms with Crippen LogP contribution in [0, 0.1) is 0 Å². The lowest BCUT2D eigenvalue weighted by Gasteiger charge is -2.28. The number of carbonyl (C=O) groups is 2. The molecule has 0 bridgehead atoms. The molecule has 174 valence electrons. The number of carbonyl (C=O) groups excluding carboxylic acids is 2. The van der Waals surface area contributed by atoms with Crippen LogP contribution in [0.25, 0.3) is 5.57 Å². The van der Waals surface area contributed by atoms with Crippen LogP contribution < -0.4 is 4.74 Å². The standard InChI is InChI=1S/C26H31N3O4/c1-3-33-22-11-9-21(10-12-22)23-24(27(2)19-20-7-5-4-6-8-20)26(31)29(25(23)30)14-13-28-15-17-32-18-16-28/h4-12H,3,13-19H2,1-2H3. The fourth-order valence-electron chi connectivity index (χ4n) is 4.27. The Balaban J connectivity index is 1.61. The van der Waals surface area contributed by atoms with Gasteiger partial charge in [-0.3, -0.25) is 19.4 Å². The molecule has 0 N–H and O–H groups in total. The summed E-state index contributed by atoms with van der Waals surface area (Å²) in [7, 11) is 1.87. The SMILES string of the molecule is CCOc1ccc(C2=C(N(C)Cc3ccccc3)C(=O)N(CCN3CCOCC3)C2=O)cc1. The number of morpholine rings is 1. The number of hydrogen-bond acceptors (Lipinski definition) is 6. The first-order chi connectivity index (χ1) is 16.1. The summed E-state index contributed by atoms with van der Waals surface area (Å²) in [6.45, 7) is 7.04. The molecule has 2 aliphatic rings. The Morgan fingerprint density at radius 3 is 2.30 bits per heavy atom. The summed E-state index contributed by atoms with van der Waals surface area (Å²) < 4.78 is 11.0. The summed E-state index contributed by atoms with van der Waals surface area (Å²) in [5, 5.41) is 0. The predicted molar refractivity (Wildman–Crippen MR) is 126 cm³/mol. The molecule has 0 aromatic heterocycles. The van der Waals surface area contributed by atoms with Gasteiger partial charge in [0.1, 0.15) is 11.4 Å². The zero-order chi connectivity index (χ0) is 23.2. The lowest BCUT2D eigenvalue weighted by atomic mass is 10.0. The molecule has 0 unspecified atom stereocenters. The highest BCUT2D eigenvalue weighted by molar-refractivity contribution is 6.35. The number of nitrogens with zero attached hydrogens (tertiary/aromatic N) is 3. The van der Waals surface area contributed by atoms with Gasteiger partial charge in [-0.05, 0) is 30.2 Å². The first-order valence-electron chi connectivity index (χ1n) is 11.5. The minimum atomic E-state index is -0.243. The van der Waals surface area contributed by atoms with Gasteiger partial charge in [-0.1, -0.05) is 42.5 Å². The van der Waals surface area contributed by atoms with Crippen LogP contribution in [0.5, 0.6) is 5.75 Å². The number of benzene rings is 2. The minimum Gasteiger partial charge on any atom is -0.494 e. The van der Waals surface area contributed by atoms with Crippen molar-refractivity contribution in [1.29, 1.82) is 0 Å². The second-order valence-electron chi connectivity index (χ2n) is 8.24. The van der Waals surface area contributed by atoms with Crippen molar-refractivity contribution in [3.63, 3.8) is 0 Å². The van der Waals surface area contributed by atoms with Gasteiger partial charge in [0.25, 0.3) is 11.8 Å². The van der Waals surface area contributed by atoms with E-state index in [9.17, 15) is 9.59 Å². The van der Waals surface area contributed by atoms with E-state index in [0.717, 1.165) is 30.0 Å². The summed E-state index contributed by atoms with van der Waals surface area (Å²) in [6, 6.07) is 17.3. The van der Waals surface area contributed by atoms with Crippen LogP contribution in [-0.4, -0.2) is 79.6 Å². The fraction of sp³-hybridized carbons (Fsp3) is 0.385. The summed E-state index contributed by atoms with van der Waals surface area (Å²) in [5.74, 6) is 0.255. The van der Waals surface area contributed by atoms with Crippen molar-refractivity contribution in [3.05, 3.63) is 71.4 Å². The van der Waals surface area contributed by atoms with Crippen LogP contribution >= 0.6 is 0 Å². The van der Waals surface area contributed by atoms with E-state index in [1.807, 2.05) is 73.5 Å². The van der Waals surface area contributed by atoms with Crippen molar-refractivity contribution < 1.29 is 19.1 Å². The first-order valence-corrected chi connectivity index (χ1v) is 11.5. The highest BCUT2D eigenvalue weighted by atomic mass is 16.5. The van der Waals surface area contributed by atoms with Gasteiger partial charge in [-0.25, -0.2) is 0 Å². The minimum absolute atomic E-state index is 0.240. The van der Waals surface area contributed by atoms with Crippen molar-refractivity contribution >= 4 is 17.4 Å². The van der Waals surface area contributed by atoms with E-state index in [1.165, 1.54) is 4.90 Å². The Hall–Kier alpha value is -3.16. The molecule has 0 saturated carbocycles. The van der Waals surface area contributed by atoms with E-state index in [4.69, 9.17) is 9.47 Å². The Bertz CT molecular complexity index is 998. The van der Waals surface area contributed by atoms with E-state index >= 15 is 0 Å². The topological polar surface area (TPSA) is 62.3 Å². The zero-order valence-electron chi connectivity index (χ0n) is 19.3. The second kappa shape index (κ2) is 10.6. The molecule has 7 nitrogen and oxygen atoms in total. The molecule has 2 aromatic rings. The van der Waals surface area contributed by atoms with E-state index in [0.29, 0.717) is 50.7 Å². The number of hydrogen-bond donors (Lipinski definition) is 0. The van der Waals surface area contributed by atoms with Crippen molar-refractivity contribution in [2.45, 2.75) is 13.5 Å². The monoisotopic (exact) mass is 449 g/mol. The van der Waals surface area contributed by atoms with Crippen LogP contribution in [0.15, 0.2) is 60.3 Å². The predicted octanol–water partition coefficient (Wildman–Crippen LogP) is 2.63. The number of likely N-dealkylation sites (N-methyl/N-ethyl adjacent to an activating group) is 1. The van der Waals surface area contributed by atoms with Crippen LogP contribution in [0.4, 0.5) is 0 Å². The molecule has 0 radical (unpaired) electrons. The summed E-state index contributed by atoms with van der Waals surface area (Å²) in [6.07, 6.45) is 0. The maximum atomic E-state index is 13.5. The van der Waals surface area contributed by atoms with Crippen LogP contribution in [-0.2, 0) is 20.9 Å². The van der Waals surface area contributed by atoms with E-state index in [-0.39, 0.29) is 11.8 Å². The zero-order valence-corrected chi connectivity index (χ0v) is 19.3. The molecular weight excluding hydrogens is 418 g/mol. The summed E-state index contributed by atoms with van der Waals surface area (Å²) >= 11 is 0. The normalized spacial score (nSPS) is 17.1. The summed E-state index contributed by atoms with van der Waals surface area (Å²) in [4.78, 5) is 32.5. The Morgan fingerprint density at radius 2 is 1.64 bits per heavy atom. The number of imide groups is 1. The van der Waals surface area contributed by atoms with Gasteiger partial charge in [0.05, 0.1) is 25.4 Å². The third kappa shape index (κ3) is 5.26. The van der Waals surface area contributed by atoms with Crippen LogP contribution in [0.3, 0.4) is 0 Å². The molecule has 2 heterocycles. The Kier molecular flexibility index (Phi) is 7.42. The Labute approximate surface area is 195 Å². The number of ether oxygens (including phenoxy) is 2. The van der Waals surface area contributed by atoms with Crippen molar-refractivity contribution in [3.8, 4) is 5.75 Å². The maximum absolute atomic E-state index is 13.5. The smallest absolute Gasteiger partial charge is 0.277 e. The Morgan fingerprint density at radius 1 is 0.939 bits per heavy atom. The molecule has 0 atom stereocenters. The number of amides is 2. The second-order valence-corrected chi connectivity index (χ2v) is 8.24. The number of rotatable bonds is 9. The van der Waals surface area contributed by atoms with Crippen LogP contribution in [0.1, 0.15) is 18.1 Å². The van der Waals surface area contributed by atoms with E-state index in [1.54, 1.807) is 0 Å². The lowest BCUT2D eigenvalue weighted by Crippen LogP contribution is -2.43. The quantitative estimate of drug-likeness (QED) is 0.549. The molecule has 0 aliphatic carbocycles. The van der Waals surface area contributed by atoms with E-state index < -0.39 is 0 Å². The molecule has 1 fully saturated rings. The molecule has 0 spiro atoms. The van der Waals surface area contributed by atoms with Crippen molar-refractivity contribution in [1.82, 2.24) is 14.7 Å². The van der Waals surface area contributed by atoms with E-state index in [2.05, 4.69) is 4.90 Å². The third-order valence-corrected chi connectivity index (χ3v) is 5.99. The fourth-order valence-corrected chi connectivity index (χ4v) is 4.27. The van der Waals surface area contributed by atoms with Gasteiger partial charge < -0.3 is 14.4 Å². The molecule has 1 saturated heterocycles. The first kappa shape index (κ1) is 23.0. The molecule has 7 heteroatoms. The molecule has 4 rings (SSSR count). The molecule has 2 amide bonds. The van der Waals surface area contributed by atoms with Crippen LogP contribution in [0.2, 0.25) is 0 Å². The lowest BCUT2D eigenvalue weighted by molar-refractivity contribution is -0.137. The van der Waals surface area contributed by atoms with Crippen molar-refractivity contribution in [2.75, 3.05) is 53.0 Å². The highest BCUT2D eigenvalue weighted by Crippen LogP contribution is 2.32. The molecular formula is C26H31N3O4. The largest absolute Gasteiger partial charge is 0.494 e. The third-order valence-electron chi connectivity index (χ3n) is 5.99. The average molecular weight is 450 g/mol. The highest BCUT2D eigenvalue weighted by Gasteiger charge is 2.40. The average Bonchev–Trinajstić information content (AvgIpc) is 3.09. The molecule has 2 aliphatic heterocycles. The van der Waals surface area contributed by atoms with Gasteiger partial charge in [-0.2, -0.15) is 0 Å². The molecule has 33 heavy (non-hydrogen) atoms. The van der Waals surface area contributed by atoms with Crippen molar-refractivity contribution in [2.24, 2.45) is 0 Å². The van der Waals surface area contributed by atoms with Gasteiger partial charge in [0.2, 0.25) is 0 Å². The van der Waals surface area contributed by atoms with Gasteiger partial charge >= 0.3 is 0 Å². The molecule has 2 aromatic carbocycles. The maximum Gasteiger partial charge on any atom is 0.277 e. The van der Waals surface area contributed by atoms with Gasteiger partial charge in [0.15, 0.2) is 0 Å².